The predicted octanol–water partition coefficient (Wildman–Crippen LogP) is 2.86. The molecule has 7 nitrogen and oxygen atoms in total. The summed E-state index contributed by atoms with van der Waals surface area (Å²) in [5.74, 6) is 0.135. The van der Waals surface area contributed by atoms with Crippen LogP contribution in [-0.2, 0) is 22.3 Å². The van der Waals surface area contributed by atoms with Crippen molar-refractivity contribution in [2.75, 3.05) is 49.2 Å². The number of aromatic nitrogens is 2. The number of nitrogens with zero attached hydrogens (tertiary/aromatic N) is 4. The second-order valence-corrected chi connectivity index (χ2v) is 7.96. The minimum Gasteiger partial charge on any atom is -0.378 e. The Morgan fingerprint density at radius 1 is 1.06 bits per heavy atom. The largest absolute Gasteiger partial charge is 0.419 e. The van der Waals surface area contributed by atoms with Gasteiger partial charge in [-0.25, -0.2) is 9.97 Å². The van der Waals surface area contributed by atoms with E-state index in [1.165, 1.54) is 12.3 Å². The molecule has 1 unspecified atom stereocenters. The highest BCUT2D eigenvalue weighted by atomic mass is 19.4. The zero-order chi connectivity index (χ0) is 22.6. The molecule has 32 heavy (non-hydrogen) atoms. The van der Waals surface area contributed by atoms with E-state index in [-0.39, 0.29) is 18.3 Å². The van der Waals surface area contributed by atoms with Gasteiger partial charge < -0.3 is 19.9 Å². The van der Waals surface area contributed by atoms with E-state index in [4.69, 9.17) is 4.74 Å². The van der Waals surface area contributed by atoms with Gasteiger partial charge in [-0.05, 0) is 31.0 Å². The number of ether oxygens (including phenoxy) is 1. The van der Waals surface area contributed by atoms with E-state index in [2.05, 4.69) is 20.2 Å². The fourth-order valence-electron chi connectivity index (χ4n) is 4.21. The molecule has 0 aliphatic carbocycles. The van der Waals surface area contributed by atoms with E-state index >= 15 is 0 Å². The van der Waals surface area contributed by atoms with Gasteiger partial charge in [0.05, 0.1) is 24.7 Å². The lowest BCUT2D eigenvalue weighted by atomic mass is 9.96. The Morgan fingerprint density at radius 3 is 2.53 bits per heavy atom. The third kappa shape index (κ3) is 5.12. The third-order valence-electron chi connectivity index (χ3n) is 5.81. The summed E-state index contributed by atoms with van der Waals surface area (Å²) in [5, 5.41) is 2.96. The van der Waals surface area contributed by atoms with Crippen LogP contribution in [0.3, 0.4) is 0 Å². The normalized spacial score (nSPS) is 19.7. The molecule has 1 N–H and O–H groups in total. The van der Waals surface area contributed by atoms with Gasteiger partial charge in [-0.2, -0.15) is 13.2 Å². The molecule has 2 saturated heterocycles. The lowest BCUT2D eigenvalue weighted by Gasteiger charge is -2.34. The van der Waals surface area contributed by atoms with Gasteiger partial charge in [-0.1, -0.05) is 6.07 Å². The molecule has 2 aromatic rings. The average molecular weight is 449 g/mol. The topological polar surface area (TPSA) is 70.6 Å². The number of amides is 1. The van der Waals surface area contributed by atoms with Crippen LogP contribution in [0.25, 0.3) is 0 Å². The summed E-state index contributed by atoms with van der Waals surface area (Å²) >= 11 is 0. The summed E-state index contributed by atoms with van der Waals surface area (Å²) < 4.78 is 45.6. The van der Waals surface area contributed by atoms with Gasteiger partial charge in [0.1, 0.15) is 11.6 Å². The molecule has 0 spiro atoms. The monoisotopic (exact) mass is 449 g/mol. The molecule has 0 aromatic carbocycles. The Morgan fingerprint density at radius 2 is 1.78 bits per heavy atom. The Balaban J connectivity index is 1.41. The minimum atomic E-state index is -4.49. The van der Waals surface area contributed by atoms with Crippen LogP contribution < -0.4 is 15.1 Å². The highest BCUT2D eigenvalue weighted by Crippen LogP contribution is 2.36. The molecule has 2 aliphatic heterocycles. The van der Waals surface area contributed by atoms with Gasteiger partial charge in [0, 0.05) is 50.7 Å². The number of carbonyl (C=O) groups is 1. The quantitative estimate of drug-likeness (QED) is 0.757. The molecule has 2 fully saturated rings. The van der Waals surface area contributed by atoms with Crippen LogP contribution in [0.15, 0.2) is 36.7 Å². The van der Waals surface area contributed by atoms with Crippen molar-refractivity contribution in [2.45, 2.75) is 25.6 Å². The van der Waals surface area contributed by atoms with E-state index in [9.17, 15) is 18.0 Å². The average Bonchev–Trinajstić information content (AvgIpc) is 2.83. The van der Waals surface area contributed by atoms with Crippen molar-refractivity contribution in [2.24, 2.45) is 5.92 Å². The fourth-order valence-corrected chi connectivity index (χ4v) is 4.21. The van der Waals surface area contributed by atoms with Crippen LogP contribution in [-0.4, -0.2) is 55.3 Å². The summed E-state index contributed by atoms with van der Waals surface area (Å²) in [6.07, 6.45) is -0.170. The van der Waals surface area contributed by atoms with Crippen molar-refractivity contribution in [1.82, 2.24) is 15.3 Å². The summed E-state index contributed by atoms with van der Waals surface area (Å²) in [4.78, 5) is 25.0. The Kier molecular flexibility index (Phi) is 6.78. The number of morpholine rings is 1. The van der Waals surface area contributed by atoms with Gasteiger partial charge >= 0.3 is 6.18 Å². The number of anilines is 2. The molecular weight excluding hydrogens is 423 g/mol. The van der Waals surface area contributed by atoms with Crippen LogP contribution in [0.1, 0.15) is 24.0 Å². The molecule has 10 heteroatoms. The molecule has 4 rings (SSSR count). The van der Waals surface area contributed by atoms with Crippen LogP contribution in [0.5, 0.6) is 0 Å². The first-order valence-electron chi connectivity index (χ1n) is 10.7. The third-order valence-corrected chi connectivity index (χ3v) is 5.81. The van der Waals surface area contributed by atoms with E-state index in [0.717, 1.165) is 30.5 Å². The maximum atomic E-state index is 13.4. The van der Waals surface area contributed by atoms with Gasteiger partial charge in [0.25, 0.3) is 0 Å². The lowest BCUT2D eigenvalue weighted by Crippen LogP contribution is -2.44. The number of nitrogens with one attached hydrogen (secondary N) is 1. The molecule has 0 saturated carbocycles. The van der Waals surface area contributed by atoms with Crippen LogP contribution in [0.4, 0.5) is 24.8 Å². The maximum Gasteiger partial charge on any atom is 0.419 e. The SMILES string of the molecule is O=C(NCc1cccnc1N1CCOCC1)C1CCCN(c2ncccc2C(F)(F)F)C1. The van der Waals surface area contributed by atoms with Crippen molar-refractivity contribution in [3.8, 4) is 0 Å². The van der Waals surface area contributed by atoms with Gasteiger partial charge in [0.15, 0.2) is 0 Å². The first kappa shape index (κ1) is 22.3. The van der Waals surface area contributed by atoms with Crippen LogP contribution in [0.2, 0.25) is 0 Å². The highest BCUT2D eigenvalue weighted by molar-refractivity contribution is 5.79. The number of pyridine rings is 2. The van der Waals surface area contributed by atoms with Crippen molar-refractivity contribution in [3.63, 3.8) is 0 Å². The van der Waals surface area contributed by atoms with E-state index in [0.29, 0.717) is 39.1 Å². The zero-order valence-corrected chi connectivity index (χ0v) is 17.6. The summed E-state index contributed by atoms with van der Waals surface area (Å²) in [6, 6.07) is 6.06. The zero-order valence-electron chi connectivity index (χ0n) is 17.6. The summed E-state index contributed by atoms with van der Waals surface area (Å²) in [7, 11) is 0. The molecule has 0 radical (unpaired) electrons. The second kappa shape index (κ2) is 9.72. The number of rotatable bonds is 5. The Hall–Kier alpha value is -2.88. The number of piperidine rings is 1. The van der Waals surface area contributed by atoms with Gasteiger partial charge in [-0.3, -0.25) is 4.79 Å². The summed E-state index contributed by atoms with van der Waals surface area (Å²) in [6.45, 7) is 3.69. The first-order chi connectivity index (χ1) is 15.4. The number of hydrogen-bond acceptors (Lipinski definition) is 6. The highest BCUT2D eigenvalue weighted by Gasteiger charge is 2.37. The molecule has 1 amide bonds. The molecular formula is C22H26F3N5O2. The van der Waals surface area contributed by atoms with E-state index in [1.54, 1.807) is 11.1 Å². The molecule has 0 bridgehead atoms. The van der Waals surface area contributed by atoms with Crippen molar-refractivity contribution in [3.05, 3.63) is 47.8 Å². The standard InChI is InChI=1S/C22H26F3N5O2/c23-22(24,25)18-6-2-8-27-20(18)30-9-3-5-17(15-30)21(31)28-14-16-4-1-7-26-19(16)29-10-12-32-13-11-29/h1-2,4,6-8,17H,3,5,9-15H2,(H,28,31). The Bertz CT molecular complexity index is 934. The van der Waals surface area contributed by atoms with Crippen LogP contribution >= 0.6 is 0 Å². The second-order valence-electron chi connectivity index (χ2n) is 7.96. The van der Waals surface area contributed by atoms with E-state index < -0.39 is 17.7 Å². The molecule has 2 aromatic heterocycles. The maximum absolute atomic E-state index is 13.4. The van der Waals surface area contributed by atoms with Gasteiger partial charge in [0.2, 0.25) is 5.91 Å². The number of halogens is 3. The molecule has 172 valence electrons. The van der Waals surface area contributed by atoms with Crippen molar-refractivity contribution >= 4 is 17.5 Å². The van der Waals surface area contributed by atoms with Crippen molar-refractivity contribution in [1.29, 1.82) is 0 Å². The first-order valence-corrected chi connectivity index (χ1v) is 10.7. The van der Waals surface area contributed by atoms with Crippen molar-refractivity contribution < 1.29 is 22.7 Å². The Labute approximate surface area is 184 Å². The number of hydrogen-bond donors (Lipinski definition) is 1. The fraction of sp³-hybridized carbons (Fsp3) is 0.500. The van der Waals surface area contributed by atoms with E-state index in [1.807, 2.05) is 12.1 Å². The summed E-state index contributed by atoms with van der Waals surface area (Å²) in [5.41, 5.74) is 0.131. The number of carbonyl (C=O) groups excluding carboxylic acids is 1. The smallest absolute Gasteiger partial charge is 0.378 e. The molecule has 1 atom stereocenters. The lowest BCUT2D eigenvalue weighted by molar-refractivity contribution is -0.137. The minimum absolute atomic E-state index is 0.112. The molecule has 4 heterocycles. The van der Waals surface area contributed by atoms with Gasteiger partial charge in [-0.15, -0.1) is 0 Å². The molecule has 2 aliphatic rings. The van der Waals surface area contributed by atoms with Crippen LogP contribution in [0, 0.1) is 5.92 Å². The number of alkyl halides is 3. The predicted molar refractivity (Wildman–Crippen MR) is 113 cm³/mol.